The van der Waals surface area contributed by atoms with Crippen molar-refractivity contribution in [3.05, 3.63) is 88.7 Å². The van der Waals surface area contributed by atoms with E-state index in [1.165, 1.54) is 12.1 Å². The first-order valence-electron chi connectivity index (χ1n) is 8.74. The lowest BCUT2D eigenvalue weighted by molar-refractivity contribution is -0.119. The molecule has 2 aliphatic rings. The number of halogens is 1. The number of hydrogen-bond donors (Lipinski definition) is 3. The van der Waals surface area contributed by atoms with Gasteiger partial charge in [-0.3, -0.25) is 4.79 Å². The zero-order chi connectivity index (χ0) is 18.8. The van der Waals surface area contributed by atoms with E-state index in [1.54, 1.807) is 36.4 Å². The number of para-hydroxylation sites is 1. The van der Waals surface area contributed by atoms with Gasteiger partial charge in [0.1, 0.15) is 22.7 Å². The molecule has 0 radical (unpaired) electrons. The smallest absolute Gasteiger partial charge is 0.239 e. The van der Waals surface area contributed by atoms with Crippen molar-refractivity contribution in [1.29, 1.82) is 0 Å². The molecule has 2 atom stereocenters. The van der Waals surface area contributed by atoms with Gasteiger partial charge < -0.3 is 15.5 Å². The van der Waals surface area contributed by atoms with Crippen molar-refractivity contribution < 1.29 is 19.4 Å². The Kier molecular flexibility index (Phi) is 3.13. The molecule has 1 heterocycles. The number of aromatic hydroxyl groups is 2. The molecule has 0 fully saturated rings. The van der Waals surface area contributed by atoms with Gasteiger partial charge in [-0.05, 0) is 41.8 Å². The quantitative estimate of drug-likeness (QED) is 0.613. The molecule has 1 aliphatic carbocycles. The molecule has 5 heteroatoms. The molecule has 27 heavy (non-hydrogen) atoms. The Hall–Kier alpha value is -3.34. The first kappa shape index (κ1) is 15.9. The van der Waals surface area contributed by atoms with E-state index < -0.39 is 11.2 Å². The molecule has 0 bridgehead atoms. The lowest BCUT2D eigenvalue weighted by Crippen LogP contribution is -2.33. The molecule has 1 spiro atoms. The van der Waals surface area contributed by atoms with E-state index in [9.17, 15) is 19.4 Å². The van der Waals surface area contributed by atoms with Crippen LogP contribution in [0.15, 0.2) is 60.7 Å². The number of fused-ring (bicyclic) bond motifs is 4. The summed E-state index contributed by atoms with van der Waals surface area (Å²) in [6, 6.07) is 16.4. The fourth-order valence-electron chi connectivity index (χ4n) is 4.67. The van der Waals surface area contributed by atoms with Gasteiger partial charge in [-0.1, -0.05) is 36.4 Å². The highest BCUT2D eigenvalue weighted by Crippen LogP contribution is 2.59. The highest BCUT2D eigenvalue weighted by molar-refractivity contribution is 6.09. The normalized spacial score (nSPS) is 22.6. The Labute approximate surface area is 154 Å². The summed E-state index contributed by atoms with van der Waals surface area (Å²) in [6.07, 6.45) is 0.349. The third-order valence-electron chi connectivity index (χ3n) is 5.79. The molecule has 1 aliphatic heterocycles. The van der Waals surface area contributed by atoms with E-state index in [0.717, 1.165) is 0 Å². The summed E-state index contributed by atoms with van der Waals surface area (Å²) in [5.74, 6) is -0.818. The molecule has 3 aromatic rings. The van der Waals surface area contributed by atoms with Gasteiger partial charge in [-0.15, -0.1) is 0 Å². The average Bonchev–Trinajstić information content (AvgIpc) is 3.13. The van der Waals surface area contributed by atoms with Crippen LogP contribution < -0.4 is 5.32 Å². The van der Waals surface area contributed by atoms with Gasteiger partial charge in [-0.25, -0.2) is 4.39 Å². The Balaban J connectivity index is 1.80. The SMILES string of the molecule is O=C1Nc2cc(F)ccc2C12CC(c1ccccc1O)c1c(O)cccc12. The van der Waals surface area contributed by atoms with Crippen molar-refractivity contribution >= 4 is 11.6 Å². The monoisotopic (exact) mass is 361 g/mol. The molecule has 3 N–H and O–H groups in total. The maximum atomic E-state index is 13.7. The van der Waals surface area contributed by atoms with Crippen molar-refractivity contribution in [3.8, 4) is 11.5 Å². The Morgan fingerprint density at radius 3 is 2.56 bits per heavy atom. The average molecular weight is 361 g/mol. The van der Waals surface area contributed by atoms with Crippen LogP contribution in [0, 0.1) is 5.82 Å². The van der Waals surface area contributed by atoms with E-state index in [0.29, 0.717) is 34.4 Å². The number of carbonyl (C=O) groups is 1. The van der Waals surface area contributed by atoms with E-state index in [-0.39, 0.29) is 23.3 Å². The number of rotatable bonds is 1. The van der Waals surface area contributed by atoms with Gasteiger partial charge in [0.15, 0.2) is 0 Å². The van der Waals surface area contributed by atoms with Gasteiger partial charge in [0.05, 0.1) is 0 Å². The molecule has 3 aromatic carbocycles. The third kappa shape index (κ3) is 1.99. The lowest BCUT2D eigenvalue weighted by atomic mass is 9.75. The van der Waals surface area contributed by atoms with E-state index in [2.05, 4.69) is 5.32 Å². The minimum atomic E-state index is -1.02. The Bertz CT molecular complexity index is 1110. The number of carbonyl (C=O) groups excluding carboxylic acids is 1. The van der Waals surface area contributed by atoms with E-state index >= 15 is 0 Å². The second-order valence-electron chi connectivity index (χ2n) is 7.10. The highest BCUT2D eigenvalue weighted by Gasteiger charge is 2.56. The van der Waals surface area contributed by atoms with E-state index in [4.69, 9.17) is 0 Å². The van der Waals surface area contributed by atoms with Crippen LogP contribution in [-0.2, 0) is 10.2 Å². The second-order valence-corrected chi connectivity index (χ2v) is 7.10. The van der Waals surface area contributed by atoms with Gasteiger partial charge in [-0.2, -0.15) is 0 Å². The Morgan fingerprint density at radius 2 is 1.74 bits per heavy atom. The van der Waals surface area contributed by atoms with E-state index in [1.807, 2.05) is 12.1 Å². The molecule has 1 amide bonds. The first-order chi connectivity index (χ1) is 13.0. The summed E-state index contributed by atoms with van der Waals surface area (Å²) in [4.78, 5) is 13.1. The number of anilines is 1. The Morgan fingerprint density at radius 1 is 0.963 bits per heavy atom. The number of phenols is 2. The van der Waals surface area contributed by atoms with Crippen LogP contribution in [0.5, 0.6) is 11.5 Å². The van der Waals surface area contributed by atoms with Crippen LogP contribution in [0.4, 0.5) is 10.1 Å². The van der Waals surface area contributed by atoms with Crippen molar-refractivity contribution in [1.82, 2.24) is 0 Å². The van der Waals surface area contributed by atoms with Gasteiger partial charge in [0.2, 0.25) is 5.91 Å². The summed E-state index contributed by atoms with van der Waals surface area (Å²) in [7, 11) is 0. The number of benzene rings is 3. The largest absolute Gasteiger partial charge is 0.508 e. The zero-order valence-electron chi connectivity index (χ0n) is 14.2. The maximum absolute atomic E-state index is 13.7. The van der Waals surface area contributed by atoms with Crippen LogP contribution >= 0.6 is 0 Å². The third-order valence-corrected chi connectivity index (χ3v) is 5.79. The fraction of sp³-hybridized carbons (Fsp3) is 0.136. The van der Waals surface area contributed by atoms with Crippen LogP contribution in [0.1, 0.15) is 34.6 Å². The van der Waals surface area contributed by atoms with Crippen LogP contribution in [0.3, 0.4) is 0 Å². The number of amides is 1. The molecular formula is C22H16FNO3. The molecular weight excluding hydrogens is 345 g/mol. The van der Waals surface area contributed by atoms with Crippen molar-refractivity contribution in [2.75, 3.05) is 5.32 Å². The summed E-state index contributed by atoms with van der Waals surface area (Å²) in [5, 5.41) is 23.8. The van der Waals surface area contributed by atoms with Gasteiger partial charge in [0.25, 0.3) is 0 Å². The second kappa shape index (κ2) is 5.33. The minimum Gasteiger partial charge on any atom is -0.508 e. The van der Waals surface area contributed by atoms with Crippen molar-refractivity contribution in [2.45, 2.75) is 17.8 Å². The predicted octanol–water partition coefficient (Wildman–Crippen LogP) is 4.01. The van der Waals surface area contributed by atoms with Crippen LogP contribution in [-0.4, -0.2) is 16.1 Å². The molecule has 134 valence electrons. The van der Waals surface area contributed by atoms with Crippen molar-refractivity contribution in [2.24, 2.45) is 0 Å². The summed E-state index contributed by atoms with van der Waals surface area (Å²) in [5.41, 5.74) is 2.10. The molecule has 0 saturated heterocycles. The number of hydrogen-bond acceptors (Lipinski definition) is 3. The number of nitrogens with one attached hydrogen (secondary N) is 1. The molecule has 2 unspecified atom stereocenters. The first-order valence-corrected chi connectivity index (χ1v) is 8.74. The fourth-order valence-corrected chi connectivity index (χ4v) is 4.67. The zero-order valence-corrected chi connectivity index (χ0v) is 14.2. The highest BCUT2D eigenvalue weighted by atomic mass is 19.1. The topological polar surface area (TPSA) is 69.6 Å². The van der Waals surface area contributed by atoms with Crippen LogP contribution in [0.25, 0.3) is 0 Å². The summed E-state index contributed by atoms with van der Waals surface area (Å²) < 4.78 is 13.7. The molecule has 5 rings (SSSR count). The lowest BCUT2D eigenvalue weighted by Gasteiger charge is -2.23. The maximum Gasteiger partial charge on any atom is 0.239 e. The minimum absolute atomic E-state index is 0.0842. The predicted molar refractivity (Wildman–Crippen MR) is 98.5 cm³/mol. The number of phenolic OH excluding ortho intramolecular Hbond substituents is 2. The molecule has 4 nitrogen and oxygen atoms in total. The molecule has 0 saturated carbocycles. The van der Waals surface area contributed by atoms with Crippen LogP contribution in [0.2, 0.25) is 0 Å². The summed E-state index contributed by atoms with van der Waals surface area (Å²) >= 11 is 0. The van der Waals surface area contributed by atoms with Crippen molar-refractivity contribution in [3.63, 3.8) is 0 Å². The molecule has 0 aromatic heterocycles. The standard InChI is InChI=1S/C22H16FNO3/c23-12-8-9-15-17(10-12)24-21(27)22(15)11-14(13-4-1-2-6-18(13)25)20-16(22)5-3-7-19(20)26/h1-10,14,25-26H,11H2,(H,24,27). The summed E-state index contributed by atoms with van der Waals surface area (Å²) in [6.45, 7) is 0. The van der Waals surface area contributed by atoms with Gasteiger partial charge >= 0.3 is 0 Å². The van der Waals surface area contributed by atoms with Gasteiger partial charge in [0, 0.05) is 22.7 Å².